The van der Waals surface area contributed by atoms with Gasteiger partial charge in [0.1, 0.15) is 17.5 Å². The van der Waals surface area contributed by atoms with Crippen molar-refractivity contribution in [3.63, 3.8) is 0 Å². The van der Waals surface area contributed by atoms with E-state index in [1.807, 2.05) is 6.07 Å². The first kappa shape index (κ1) is 18.3. The maximum atomic E-state index is 12.6. The molecule has 5 heteroatoms. The lowest BCUT2D eigenvalue weighted by molar-refractivity contribution is -0.905. The standard InChI is InChI=1S/C21H26N2O3/c1-23(19-10-6-8-15-7-4-5-9-17(15)19)14-21(24)22-18-12-11-16(25-2)13-20(18)26-3/h4-5,7,9,11-13,19H,6,8,10,14H2,1-3H3,(H,22,24)/p+1/t19-/m1/s1. The summed E-state index contributed by atoms with van der Waals surface area (Å²) in [6.45, 7) is 0.411. The average molecular weight is 355 g/mol. The highest BCUT2D eigenvalue weighted by Crippen LogP contribution is 2.29. The van der Waals surface area contributed by atoms with E-state index in [2.05, 4.69) is 36.6 Å². The van der Waals surface area contributed by atoms with Crippen LogP contribution < -0.4 is 19.7 Å². The van der Waals surface area contributed by atoms with Gasteiger partial charge in [-0.1, -0.05) is 24.3 Å². The summed E-state index contributed by atoms with van der Waals surface area (Å²) in [5, 5.41) is 2.97. The Morgan fingerprint density at radius 2 is 2.00 bits per heavy atom. The number of methoxy groups -OCH3 is 2. The molecule has 0 fully saturated rings. The molecule has 2 atom stereocenters. The Bertz CT molecular complexity index is 776. The zero-order valence-corrected chi connectivity index (χ0v) is 15.7. The van der Waals surface area contributed by atoms with E-state index in [-0.39, 0.29) is 5.91 Å². The van der Waals surface area contributed by atoms with Crippen molar-refractivity contribution in [3.05, 3.63) is 53.6 Å². The topological polar surface area (TPSA) is 52.0 Å². The highest BCUT2D eigenvalue weighted by atomic mass is 16.5. The molecule has 0 aliphatic heterocycles. The number of rotatable bonds is 6. The van der Waals surface area contributed by atoms with Crippen LogP contribution in [0.25, 0.3) is 0 Å². The summed E-state index contributed by atoms with van der Waals surface area (Å²) in [6.07, 6.45) is 3.42. The van der Waals surface area contributed by atoms with E-state index in [9.17, 15) is 4.79 Å². The van der Waals surface area contributed by atoms with Gasteiger partial charge in [0, 0.05) is 18.1 Å². The van der Waals surface area contributed by atoms with E-state index in [1.54, 1.807) is 26.4 Å². The van der Waals surface area contributed by atoms with Crippen molar-refractivity contribution in [1.82, 2.24) is 0 Å². The number of anilines is 1. The van der Waals surface area contributed by atoms with Crippen LogP contribution in [0.4, 0.5) is 5.69 Å². The molecule has 2 aromatic carbocycles. The highest BCUT2D eigenvalue weighted by molar-refractivity contribution is 5.93. The Morgan fingerprint density at radius 1 is 1.19 bits per heavy atom. The van der Waals surface area contributed by atoms with Crippen LogP contribution in [0.3, 0.4) is 0 Å². The summed E-state index contributed by atoms with van der Waals surface area (Å²) < 4.78 is 10.6. The van der Waals surface area contributed by atoms with Crippen molar-refractivity contribution in [3.8, 4) is 11.5 Å². The predicted octanol–water partition coefficient (Wildman–Crippen LogP) is 2.23. The largest absolute Gasteiger partial charge is 0.497 e. The molecule has 0 saturated carbocycles. The minimum absolute atomic E-state index is 0.0194. The SMILES string of the molecule is COc1ccc(NC(=O)C[NH+](C)[C@@H]2CCCc3ccccc32)c(OC)c1. The molecule has 5 nitrogen and oxygen atoms in total. The average Bonchev–Trinajstić information content (AvgIpc) is 2.67. The molecule has 3 rings (SSSR count). The number of hydrogen-bond donors (Lipinski definition) is 2. The second kappa shape index (κ2) is 8.23. The van der Waals surface area contributed by atoms with Crippen molar-refractivity contribution in [2.75, 3.05) is 33.1 Å². The molecule has 2 N–H and O–H groups in total. The lowest BCUT2D eigenvalue weighted by Gasteiger charge is -2.30. The zero-order chi connectivity index (χ0) is 18.5. The second-order valence-corrected chi connectivity index (χ2v) is 6.78. The van der Waals surface area contributed by atoms with Crippen LogP contribution in [-0.2, 0) is 11.2 Å². The molecule has 2 aromatic rings. The van der Waals surface area contributed by atoms with Gasteiger partial charge in [-0.25, -0.2) is 0 Å². The number of amides is 1. The Labute approximate surface area is 154 Å². The summed E-state index contributed by atoms with van der Waals surface area (Å²) >= 11 is 0. The number of carbonyl (C=O) groups is 1. The number of nitrogens with one attached hydrogen (secondary N) is 2. The van der Waals surface area contributed by atoms with Crippen molar-refractivity contribution < 1.29 is 19.2 Å². The van der Waals surface area contributed by atoms with Crippen LogP contribution in [0.5, 0.6) is 11.5 Å². The number of aryl methyl sites for hydroxylation is 1. The first-order chi connectivity index (χ1) is 12.6. The highest BCUT2D eigenvalue weighted by Gasteiger charge is 2.28. The third-order valence-corrected chi connectivity index (χ3v) is 5.09. The van der Waals surface area contributed by atoms with Crippen LogP contribution in [0.1, 0.15) is 30.0 Å². The van der Waals surface area contributed by atoms with Gasteiger partial charge in [-0.3, -0.25) is 4.79 Å². The van der Waals surface area contributed by atoms with Crippen molar-refractivity contribution in [1.29, 1.82) is 0 Å². The molecule has 0 saturated heterocycles. The third kappa shape index (κ3) is 3.99. The zero-order valence-electron chi connectivity index (χ0n) is 15.7. The minimum Gasteiger partial charge on any atom is -0.497 e. The summed E-state index contributed by atoms with van der Waals surface area (Å²) in [4.78, 5) is 13.8. The number of ether oxygens (including phenoxy) is 2. The fourth-order valence-corrected chi connectivity index (χ4v) is 3.74. The molecule has 0 bridgehead atoms. The van der Waals surface area contributed by atoms with Gasteiger partial charge in [-0.05, 0) is 30.5 Å². The molecule has 1 aliphatic carbocycles. The number of likely N-dealkylation sites (N-methyl/N-ethyl adjacent to an activating group) is 1. The van der Waals surface area contributed by atoms with Crippen LogP contribution in [-0.4, -0.2) is 33.7 Å². The normalized spacial score (nSPS) is 17.1. The van der Waals surface area contributed by atoms with Gasteiger partial charge < -0.3 is 19.7 Å². The summed E-state index contributed by atoms with van der Waals surface area (Å²) in [7, 11) is 5.28. The van der Waals surface area contributed by atoms with E-state index >= 15 is 0 Å². The number of fused-ring (bicyclic) bond motifs is 1. The molecule has 0 aromatic heterocycles. The van der Waals surface area contributed by atoms with E-state index in [1.165, 1.54) is 22.4 Å². The fraction of sp³-hybridized carbons (Fsp3) is 0.381. The summed E-state index contributed by atoms with van der Waals surface area (Å²) in [6, 6.07) is 14.3. The lowest BCUT2D eigenvalue weighted by Crippen LogP contribution is -3.10. The molecule has 0 heterocycles. The summed E-state index contributed by atoms with van der Waals surface area (Å²) in [5.74, 6) is 1.27. The molecular weight excluding hydrogens is 328 g/mol. The number of quaternary nitrogens is 1. The number of hydrogen-bond acceptors (Lipinski definition) is 3. The van der Waals surface area contributed by atoms with Gasteiger partial charge in [0.2, 0.25) is 0 Å². The molecule has 26 heavy (non-hydrogen) atoms. The minimum atomic E-state index is -0.0194. The maximum absolute atomic E-state index is 12.6. The molecule has 1 unspecified atom stereocenters. The van der Waals surface area contributed by atoms with E-state index in [0.29, 0.717) is 29.8 Å². The van der Waals surface area contributed by atoms with E-state index in [0.717, 1.165) is 12.8 Å². The van der Waals surface area contributed by atoms with Gasteiger partial charge in [-0.2, -0.15) is 0 Å². The maximum Gasteiger partial charge on any atom is 0.279 e. The Hall–Kier alpha value is -2.53. The van der Waals surface area contributed by atoms with Crippen molar-refractivity contribution in [2.24, 2.45) is 0 Å². The molecule has 0 radical (unpaired) electrons. The van der Waals surface area contributed by atoms with Crippen LogP contribution in [0, 0.1) is 0 Å². The Kier molecular flexibility index (Phi) is 5.78. The van der Waals surface area contributed by atoms with Gasteiger partial charge in [0.15, 0.2) is 6.54 Å². The fourth-order valence-electron chi connectivity index (χ4n) is 3.74. The lowest BCUT2D eigenvalue weighted by atomic mass is 9.87. The van der Waals surface area contributed by atoms with Gasteiger partial charge in [0.05, 0.1) is 27.0 Å². The quantitative estimate of drug-likeness (QED) is 0.836. The molecule has 1 aliphatic rings. The Morgan fingerprint density at radius 3 is 2.77 bits per heavy atom. The van der Waals surface area contributed by atoms with Gasteiger partial charge in [-0.15, -0.1) is 0 Å². The molecule has 0 spiro atoms. The van der Waals surface area contributed by atoms with Crippen LogP contribution >= 0.6 is 0 Å². The van der Waals surface area contributed by atoms with Crippen LogP contribution in [0.2, 0.25) is 0 Å². The van der Waals surface area contributed by atoms with E-state index < -0.39 is 0 Å². The Balaban J connectivity index is 1.67. The number of benzene rings is 2. The van der Waals surface area contributed by atoms with Gasteiger partial charge in [0.25, 0.3) is 5.91 Å². The molecule has 138 valence electrons. The first-order valence-electron chi connectivity index (χ1n) is 9.04. The van der Waals surface area contributed by atoms with Crippen molar-refractivity contribution >= 4 is 11.6 Å². The summed E-state index contributed by atoms with van der Waals surface area (Å²) in [5.41, 5.74) is 3.46. The van der Waals surface area contributed by atoms with Crippen LogP contribution in [0.15, 0.2) is 42.5 Å². The van der Waals surface area contributed by atoms with E-state index in [4.69, 9.17) is 9.47 Å². The van der Waals surface area contributed by atoms with Gasteiger partial charge >= 0.3 is 0 Å². The van der Waals surface area contributed by atoms with Crippen molar-refractivity contribution in [2.45, 2.75) is 25.3 Å². The molecular formula is C21H27N2O3+. The number of carbonyl (C=O) groups excluding carboxylic acids is 1. The smallest absolute Gasteiger partial charge is 0.279 e. The predicted molar refractivity (Wildman–Crippen MR) is 102 cm³/mol. The molecule has 1 amide bonds. The first-order valence-corrected chi connectivity index (χ1v) is 9.04. The second-order valence-electron chi connectivity index (χ2n) is 6.78. The monoisotopic (exact) mass is 355 g/mol. The third-order valence-electron chi connectivity index (χ3n) is 5.09.